The maximum atomic E-state index is 6.19. The molecule has 6 heteroatoms. The van der Waals surface area contributed by atoms with Gasteiger partial charge in [0.15, 0.2) is 6.61 Å². The molecule has 5 nitrogen and oxygen atoms in total. The zero-order valence-electron chi connectivity index (χ0n) is 15.8. The average molecular weight is 407 g/mol. The van der Waals surface area contributed by atoms with E-state index in [9.17, 15) is 0 Å². The Labute approximate surface area is 173 Å². The van der Waals surface area contributed by atoms with Crippen molar-refractivity contribution < 1.29 is 13.9 Å². The zero-order valence-corrected chi connectivity index (χ0v) is 16.6. The van der Waals surface area contributed by atoms with Gasteiger partial charge in [0.1, 0.15) is 11.5 Å². The highest BCUT2D eigenvalue weighted by molar-refractivity contribution is 6.30. The third-order valence-electron chi connectivity index (χ3n) is 4.41. The lowest BCUT2D eigenvalue weighted by molar-refractivity contribution is 0.262. The minimum atomic E-state index is 0.173. The van der Waals surface area contributed by atoms with Crippen molar-refractivity contribution in [1.29, 1.82) is 0 Å². The van der Waals surface area contributed by atoms with E-state index in [0.717, 1.165) is 29.0 Å². The minimum Gasteiger partial charge on any atom is -0.497 e. The van der Waals surface area contributed by atoms with Gasteiger partial charge in [-0.2, -0.15) is 0 Å². The van der Waals surface area contributed by atoms with Gasteiger partial charge < -0.3 is 13.9 Å². The van der Waals surface area contributed by atoms with Crippen molar-refractivity contribution >= 4 is 11.6 Å². The lowest BCUT2D eigenvalue weighted by Crippen LogP contribution is -2.00. The Hall–Kier alpha value is -3.31. The molecule has 0 spiro atoms. The Morgan fingerprint density at radius 3 is 2.48 bits per heavy atom. The van der Waals surface area contributed by atoms with Crippen molar-refractivity contribution in [2.75, 3.05) is 7.11 Å². The standard InChI is InChI=1S/C23H19ClN2O3/c1-27-20-10-7-17(8-11-20)23-26-25-22(29-23)15-28-21-12-9-19(24)14-18(21)13-16-5-3-2-4-6-16/h2-12,14H,13,15H2,1H3. The van der Waals surface area contributed by atoms with Crippen molar-refractivity contribution in [3.63, 3.8) is 0 Å². The highest BCUT2D eigenvalue weighted by Crippen LogP contribution is 2.27. The van der Waals surface area contributed by atoms with E-state index in [1.54, 1.807) is 7.11 Å². The molecule has 0 unspecified atom stereocenters. The molecule has 146 valence electrons. The fraction of sp³-hybridized carbons (Fsp3) is 0.130. The second kappa shape index (κ2) is 8.80. The summed E-state index contributed by atoms with van der Waals surface area (Å²) in [5.74, 6) is 2.34. The summed E-state index contributed by atoms with van der Waals surface area (Å²) >= 11 is 6.19. The molecule has 0 aliphatic rings. The van der Waals surface area contributed by atoms with Crippen LogP contribution < -0.4 is 9.47 Å². The molecule has 0 fully saturated rings. The number of ether oxygens (including phenoxy) is 2. The van der Waals surface area contributed by atoms with Crippen LogP contribution in [0.5, 0.6) is 11.5 Å². The van der Waals surface area contributed by atoms with Crippen LogP contribution in [-0.4, -0.2) is 17.3 Å². The van der Waals surface area contributed by atoms with Gasteiger partial charge in [-0.15, -0.1) is 10.2 Å². The van der Waals surface area contributed by atoms with E-state index in [2.05, 4.69) is 22.3 Å². The summed E-state index contributed by atoms with van der Waals surface area (Å²) in [6, 6.07) is 23.2. The predicted octanol–water partition coefficient (Wildman–Crippen LogP) is 5.57. The third-order valence-corrected chi connectivity index (χ3v) is 4.65. The molecule has 0 saturated heterocycles. The van der Waals surface area contributed by atoms with Gasteiger partial charge in [0.25, 0.3) is 5.89 Å². The lowest BCUT2D eigenvalue weighted by Gasteiger charge is -2.11. The van der Waals surface area contributed by atoms with Crippen molar-refractivity contribution in [3.05, 3.63) is 94.8 Å². The third kappa shape index (κ3) is 4.76. The molecule has 0 N–H and O–H groups in total. The molecule has 0 radical (unpaired) electrons. The van der Waals surface area contributed by atoms with Crippen molar-refractivity contribution in [3.8, 4) is 23.0 Å². The van der Waals surface area contributed by atoms with Gasteiger partial charge in [0.05, 0.1) is 7.11 Å². The molecule has 4 aromatic rings. The van der Waals surface area contributed by atoms with Gasteiger partial charge in [0.2, 0.25) is 5.89 Å². The van der Waals surface area contributed by atoms with E-state index in [0.29, 0.717) is 16.8 Å². The van der Waals surface area contributed by atoms with E-state index >= 15 is 0 Å². The number of nitrogens with zero attached hydrogens (tertiary/aromatic N) is 2. The summed E-state index contributed by atoms with van der Waals surface area (Å²) in [6.45, 7) is 0.173. The van der Waals surface area contributed by atoms with Crippen molar-refractivity contribution in [2.24, 2.45) is 0 Å². The van der Waals surface area contributed by atoms with E-state index in [1.807, 2.05) is 60.7 Å². The molecule has 0 bridgehead atoms. The number of aromatic nitrogens is 2. The number of halogens is 1. The van der Waals surface area contributed by atoms with Gasteiger partial charge in [0, 0.05) is 17.0 Å². The van der Waals surface area contributed by atoms with E-state index in [4.69, 9.17) is 25.5 Å². The first-order valence-corrected chi connectivity index (χ1v) is 9.51. The summed E-state index contributed by atoms with van der Waals surface area (Å²) in [5, 5.41) is 8.85. The van der Waals surface area contributed by atoms with E-state index in [1.165, 1.54) is 5.56 Å². The smallest absolute Gasteiger partial charge is 0.254 e. The quantitative estimate of drug-likeness (QED) is 0.401. The molecule has 0 aliphatic carbocycles. The number of rotatable bonds is 7. The molecule has 0 amide bonds. The highest BCUT2D eigenvalue weighted by Gasteiger charge is 2.11. The SMILES string of the molecule is COc1ccc(-c2nnc(COc3ccc(Cl)cc3Cc3ccccc3)o2)cc1. The summed E-state index contributed by atoms with van der Waals surface area (Å²) in [5.41, 5.74) is 3.00. The molecule has 1 aromatic heterocycles. The van der Waals surface area contributed by atoms with Gasteiger partial charge in [-0.25, -0.2) is 0 Å². The zero-order chi connectivity index (χ0) is 20.1. The van der Waals surface area contributed by atoms with Crippen LogP contribution in [-0.2, 0) is 13.0 Å². The second-order valence-electron chi connectivity index (χ2n) is 6.43. The van der Waals surface area contributed by atoms with Crippen LogP contribution in [0.2, 0.25) is 5.02 Å². The van der Waals surface area contributed by atoms with Crippen LogP contribution >= 0.6 is 11.6 Å². The second-order valence-corrected chi connectivity index (χ2v) is 6.87. The van der Waals surface area contributed by atoms with E-state index in [-0.39, 0.29) is 6.61 Å². The van der Waals surface area contributed by atoms with Gasteiger partial charge in [-0.1, -0.05) is 41.9 Å². The largest absolute Gasteiger partial charge is 0.497 e. The fourth-order valence-corrected chi connectivity index (χ4v) is 3.14. The van der Waals surface area contributed by atoms with Crippen LogP contribution in [0, 0.1) is 0 Å². The van der Waals surface area contributed by atoms with Crippen LogP contribution in [0.1, 0.15) is 17.0 Å². The molecule has 29 heavy (non-hydrogen) atoms. The first-order valence-electron chi connectivity index (χ1n) is 9.13. The summed E-state index contributed by atoms with van der Waals surface area (Å²) in [4.78, 5) is 0. The summed E-state index contributed by atoms with van der Waals surface area (Å²) in [6.07, 6.45) is 0.720. The van der Waals surface area contributed by atoms with Crippen molar-refractivity contribution in [2.45, 2.75) is 13.0 Å². The Balaban J connectivity index is 1.47. The first kappa shape index (κ1) is 19.0. The molecular weight excluding hydrogens is 388 g/mol. The number of methoxy groups -OCH3 is 1. The van der Waals surface area contributed by atoms with Gasteiger partial charge in [-0.05, 0) is 53.6 Å². The van der Waals surface area contributed by atoms with E-state index < -0.39 is 0 Å². The van der Waals surface area contributed by atoms with Crippen LogP contribution in [0.4, 0.5) is 0 Å². The highest BCUT2D eigenvalue weighted by atomic mass is 35.5. The Morgan fingerprint density at radius 2 is 1.72 bits per heavy atom. The number of hydrogen-bond donors (Lipinski definition) is 0. The molecule has 1 heterocycles. The maximum absolute atomic E-state index is 6.19. The van der Waals surface area contributed by atoms with Gasteiger partial charge in [-0.3, -0.25) is 0 Å². The molecule has 3 aromatic carbocycles. The molecule has 4 rings (SSSR count). The molecule has 0 saturated carbocycles. The predicted molar refractivity (Wildman–Crippen MR) is 111 cm³/mol. The molecule has 0 atom stereocenters. The Bertz CT molecular complexity index is 1080. The monoisotopic (exact) mass is 406 g/mol. The molecular formula is C23H19ClN2O3. The molecule has 0 aliphatic heterocycles. The Morgan fingerprint density at radius 1 is 0.931 bits per heavy atom. The average Bonchev–Trinajstić information content (AvgIpc) is 3.23. The van der Waals surface area contributed by atoms with Crippen LogP contribution in [0.3, 0.4) is 0 Å². The maximum Gasteiger partial charge on any atom is 0.254 e. The summed E-state index contributed by atoms with van der Waals surface area (Å²) < 4.78 is 16.9. The topological polar surface area (TPSA) is 57.4 Å². The minimum absolute atomic E-state index is 0.173. The number of benzene rings is 3. The number of hydrogen-bond acceptors (Lipinski definition) is 5. The van der Waals surface area contributed by atoms with Gasteiger partial charge >= 0.3 is 0 Å². The fourth-order valence-electron chi connectivity index (χ4n) is 2.94. The van der Waals surface area contributed by atoms with Crippen LogP contribution in [0.15, 0.2) is 77.2 Å². The normalized spacial score (nSPS) is 10.7. The van der Waals surface area contributed by atoms with Crippen molar-refractivity contribution in [1.82, 2.24) is 10.2 Å². The first-order chi connectivity index (χ1) is 14.2. The lowest BCUT2D eigenvalue weighted by atomic mass is 10.0. The summed E-state index contributed by atoms with van der Waals surface area (Å²) in [7, 11) is 1.62. The van der Waals surface area contributed by atoms with Crippen LogP contribution in [0.25, 0.3) is 11.5 Å². The Kier molecular flexibility index (Phi) is 5.77.